The molecule has 0 atom stereocenters. The Morgan fingerprint density at radius 2 is 1.72 bits per heavy atom. The van der Waals surface area contributed by atoms with Crippen LogP contribution in [0.4, 0.5) is 11.5 Å². The number of para-hydroxylation sites is 1. The maximum absolute atomic E-state index is 12.6. The van der Waals surface area contributed by atoms with Crippen LogP contribution in [0.3, 0.4) is 0 Å². The first-order valence-electron chi connectivity index (χ1n) is 11.4. The molecular weight excluding hydrogens is 398 g/mol. The molecule has 1 N–H and O–H groups in total. The zero-order valence-electron chi connectivity index (χ0n) is 18.5. The van der Waals surface area contributed by atoms with E-state index < -0.39 is 0 Å². The Balaban J connectivity index is 1.19. The number of nitrogens with one attached hydrogen (secondary N) is 1. The Labute approximate surface area is 188 Å². The molecule has 1 saturated heterocycles. The Morgan fingerprint density at radius 3 is 2.50 bits per heavy atom. The molecular formula is C26H29N5O. The first-order chi connectivity index (χ1) is 15.7. The van der Waals surface area contributed by atoms with Crippen molar-refractivity contribution in [2.24, 2.45) is 0 Å². The number of carbonyl (C=O) groups is 1. The van der Waals surface area contributed by atoms with E-state index in [0.717, 1.165) is 50.8 Å². The van der Waals surface area contributed by atoms with E-state index in [0.29, 0.717) is 6.42 Å². The molecule has 1 aliphatic rings. The van der Waals surface area contributed by atoms with Crippen LogP contribution in [0, 0.1) is 0 Å². The minimum Gasteiger partial charge on any atom is -0.354 e. The zero-order valence-corrected chi connectivity index (χ0v) is 18.5. The van der Waals surface area contributed by atoms with Crippen LogP contribution >= 0.6 is 0 Å². The van der Waals surface area contributed by atoms with Crippen molar-refractivity contribution in [3.8, 4) is 0 Å². The number of anilines is 2. The molecule has 4 aromatic rings. The molecule has 3 heterocycles. The number of fused-ring (bicyclic) bond motifs is 3. The first kappa shape index (κ1) is 20.5. The highest BCUT2D eigenvalue weighted by atomic mass is 16.1. The van der Waals surface area contributed by atoms with Crippen molar-refractivity contribution in [1.82, 2.24) is 14.5 Å². The van der Waals surface area contributed by atoms with Crippen molar-refractivity contribution in [2.45, 2.75) is 19.9 Å². The van der Waals surface area contributed by atoms with E-state index in [2.05, 4.69) is 74.1 Å². The number of hydrogen-bond acceptors (Lipinski definition) is 4. The van der Waals surface area contributed by atoms with Gasteiger partial charge in [0.05, 0.1) is 0 Å². The smallest absolute Gasteiger partial charge is 0.225 e. The lowest BCUT2D eigenvalue weighted by atomic mass is 10.1. The summed E-state index contributed by atoms with van der Waals surface area (Å²) in [5.74, 6) is 1.10. The van der Waals surface area contributed by atoms with Gasteiger partial charge in [-0.2, -0.15) is 0 Å². The third kappa shape index (κ3) is 4.06. The summed E-state index contributed by atoms with van der Waals surface area (Å²) in [6.07, 6.45) is 2.34. The molecule has 1 amide bonds. The van der Waals surface area contributed by atoms with Gasteiger partial charge in [0.2, 0.25) is 5.91 Å². The number of aromatic nitrogens is 2. The molecule has 0 bridgehead atoms. The molecule has 1 aliphatic heterocycles. The fourth-order valence-electron chi connectivity index (χ4n) is 4.70. The number of nitrogens with zero attached hydrogens (tertiary/aromatic N) is 4. The second kappa shape index (κ2) is 9.01. The topological polar surface area (TPSA) is 53.4 Å². The van der Waals surface area contributed by atoms with Gasteiger partial charge in [0.25, 0.3) is 0 Å². The summed E-state index contributed by atoms with van der Waals surface area (Å²) in [6, 6.07) is 20.7. The normalized spacial score (nSPS) is 14.8. The number of aryl methyl sites for hydroxylation is 1. The van der Waals surface area contributed by atoms with Gasteiger partial charge in [-0.25, -0.2) is 4.98 Å². The Bertz CT molecular complexity index is 1230. The van der Waals surface area contributed by atoms with E-state index in [9.17, 15) is 4.79 Å². The molecule has 32 heavy (non-hydrogen) atoms. The van der Waals surface area contributed by atoms with E-state index in [4.69, 9.17) is 0 Å². The van der Waals surface area contributed by atoms with Crippen LogP contribution in [0.5, 0.6) is 0 Å². The molecule has 0 spiro atoms. The predicted octanol–water partition coefficient (Wildman–Crippen LogP) is 4.36. The summed E-state index contributed by atoms with van der Waals surface area (Å²) in [6.45, 7) is 7.65. The molecule has 0 aliphatic carbocycles. The standard InChI is InChI=1S/C26H29N5O/c1-2-31-23-8-4-3-7-21(23)22-19-20(10-11-24(22)31)28-26(32)12-14-29-15-17-30(18-16-29)25-9-5-6-13-27-25/h3-11,13,19H,2,12,14-18H2,1H3,(H,28,32). The summed E-state index contributed by atoms with van der Waals surface area (Å²) in [5, 5.41) is 5.52. The molecule has 6 nitrogen and oxygen atoms in total. The summed E-state index contributed by atoms with van der Waals surface area (Å²) < 4.78 is 2.32. The third-order valence-corrected chi connectivity index (χ3v) is 6.37. The van der Waals surface area contributed by atoms with Gasteiger partial charge in [0.1, 0.15) is 5.82 Å². The van der Waals surface area contributed by atoms with E-state index in [-0.39, 0.29) is 5.91 Å². The van der Waals surface area contributed by atoms with Gasteiger partial charge in [0.15, 0.2) is 0 Å². The van der Waals surface area contributed by atoms with Crippen molar-refractivity contribution >= 4 is 39.2 Å². The monoisotopic (exact) mass is 427 g/mol. The lowest BCUT2D eigenvalue weighted by Gasteiger charge is -2.35. The molecule has 0 radical (unpaired) electrons. The Kier molecular flexibility index (Phi) is 5.77. The van der Waals surface area contributed by atoms with Crippen molar-refractivity contribution in [2.75, 3.05) is 42.9 Å². The van der Waals surface area contributed by atoms with E-state index in [1.54, 1.807) is 0 Å². The minimum atomic E-state index is 0.0655. The highest BCUT2D eigenvalue weighted by Crippen LogP contribution is 2.31. The second-order valence-electron chi connectivity index (χ2n) is 8.31. The number of hydrogen-bond donors (Lipinski definition) is 1. The SMILES string of the molecule is CCn1c2ccccc2c2cc(NC(=O)CCN3CCN(c4ccccn4)CC3)ccc21. The number of carbonyl (C=O) groups excluding carboxylic acids is 1. The molecule has 164 valence electrons. The van der Waals surface area contributed by atoms with Crippen LogP contribution in [0.15, 0.2) is 66.9 Å². The van der Waals surface area contributed by atoms with Gasteiger partial charge in [-0.05, 0) is 43.3 Å². The number of piperazine rings is 1. The summed E-state index contributed by atoms with van der Waals surface area (Å²) in [5.41, 5.74) is 3.30. The summed E-state index contributed by atoms with van der Waals surface area (Å²) in [4.78, 5) is 21.7. The van der Waals surface area contributed by atoms with E-state index in [1.807, 2.05) is 24.4 Å². The molecule has 2 aromatic carbocycles. The fraction of sp³-hybridized carbons (Fsp3) is 0.308. The minimum absolute atomic E-state index is 0.0655. The molecule has 6 heteroatoms. The van der Waals surface area contributed by atoms with E-state index >= 15 is 0 Å². The van der Waals surface area contributed by atoms with Crippen LogP contribution in [0.2, 0.25) is 0 Å². The van der Waals surface area contributed by atoms with Crippen molar-refractivity contribution in [3.05, 3.63) is 66.9 Å². The number of rotatable bonds is 6. The van der Waals surface area contributed by atoms with Gasteiger partial charge in [-0.1, -0.05) is 24.3 Å². The molecule has 0 unspecified atom stereocenters. The second-order valence-corrected chi connectivity index (χ2v) is 8.31. The third-order valence-electron chi connectivity index (χ3n) is 6.37. The predicted molar refractivity (Wildman–Crippen MR) is 131 cm³/mol. The average molecular weight is 428 g/mol. The molecule has 5 rings (SSSR count). The lowest BCUT2D eigenvalue weighted by molar-refractivity contribution is -0.116. The highest BCUT2D eigenvalue weighted by molar-refractivity contribution is 6.09. The van der Waals surface area contributed by atoms with Gasteiger partial charge in [0, 0.05) is 79.4 Å². The van der Waals surface area contributed by atoms with Crippen LogP contribution in [0.25, 0.3) is 21.8 Å². The van der Waals surface area contributed by atoms with Crippen LogP contribution in [-0.2, 0) is 11.3 Å². The van der Waals surface area contributed by atoms with Crippen molar-refractivity contribution in [3.63, 3.8) is 0 Å². The number of amides is 1. The maximum atomic E-state index is 12.6. The molecule has 0 saturated carbocycles. The summed E-state index contributed by atoms with van der Waals surface area (Å²) >= 11 is 0. The van der Waals surface area contributed by atoms with E-state index in [1.165, 1.54) is 21.8 Å². The van der Waals surface area contributed by atoms with Gasteiger partial charge < -0.3 is 14.8 Å². The van der Waals surface area contributed by atoms with Crippen LogP contribution in [-0.4, -0.2) is 53.1 Å². The Hall–Kier alpha value is -3.38. The van der Waals surface area contributed by atoms with Crippen LogP contribution in [0.1, 0.15) is 13.3 Å². The quantitative estimate of drug-likeness (QED) is 0.497. The summed E-state index contributed by atoms with van der Waals surface area (Å²) in [7, 11) is 0. The highest BCUT2D eigenvalue weighted by Gasteiger charge is 2.18. The lowest BCUT2D eigenvalue weighted by Crippen LogP contribution is -2.47. The fourth-order valence-corrected chi connectivity index (χ4v) is 4.70. The molecule has 2 aromatic heterocycles. The number of pyridine rings is 1. The van der Waals surface area contributed by atoms with Crippen molar-refractivity contribution in [1.29, 1.82) is 0 Å². The van der Waals surface area contributed by atoms with Gasteiger partial charge >= 0.3 is 0 Å². The first-order valence-corrected chi connectivity index (χ1v) is 11.4. The number of benzene rings is 2. The zero-order chi connectivity index (χ0) is 21.9. The Morgan fingerprint density at radius 1 is 0.938 bits per heavy atom. The van der Waals surface area contributed by atoms with Gasteiger partial charge in [-0.15, -0.1) is 0 Å². The maximum Gasteiger partial charge on any atom is 0.225 e. The van der Waals surface area contributed by atoms with Crippen molar-refractivity contribution < 1.29 is 4.79 Å². The average Bonchev–Trinajstić information content (AvgIpc) is 3.16. The molecule has 1 fully saturated rings. The van der Waals surface area contributed by atoms with Crippen LogP contribution < -0.4 is 10.2 Å². The van der Waals surface area contributed by atoms with Gasteiger partial charge in [-0.3, -0.25) is 9.69 Å². The largest absolute Gasteiger partial charge is 0.354 e.